The number of carbonyl (C=O) groups is 3. The second kappa shape index (κ2) is 8.11. The van der Waals surface area contributed by atoms with Crippen LogP contribution in [-0.4, -0.2) is 66.1 Å². The number of benzene rings is 1. The van der Waals surface area contributed by atoms with Crippen molar-refractivity contribution in [1.82, 2.24) is 15.1 Å². The average Bonchev–Trinajstić information content (AvgIpc) is 2.74. The van der Waals surface area contributed by atoms with Gasteiger partial charge in [0.2, 0.25) is 5.91 Å². The molecule has 0 saturated carbocycles. The van der Waals surface area contributed by atoms with Gasteiger partial charge in [0.15, 0.2) is 5.70 Å². The fourth-order valence-corrected chi connectivity index (χ4v) is 4.32. The number of hydrogen-bond acceptors (Lipinski definition) is 7. The molecule has 0 radical (unpaired) electrons. The van der Waals surface area contributed by atoms with Crippen LogP contribution in [0.15, 0.2) is 35.7 Å². The minimum absolute atomic E-state index is 0.0230. The molecule has 0 aliphatic carbocycles. The van der Waals surface area contributed by atoms with Crippen LogP contribution in [0.25, 0.3) is 0 Å². The number of methoxy groups -OCH3 is 1. The van der Waals surface area contributed by atoms with Gasteiger partial charge in [-0.05, 0) is 17.7 Å². The molecule has 1 saturated heterocycles. The van der Waals surface area contributed by atoms with Gasteiger partial charge in [-0.2, -0.15) is 0 Å². The Labute approximate surface area is 166 Å². The van der Waals surface area contributed by atoms with Crippen molar-refractivity contribution in [2.24, 2.45) is 5.73 Å². The number of urea groups is 1. The number of β-lactam (4-membered cyclic amide) rings is 1. The second-order valence-electron chi connectivity index (χ2n) is 6.27. The third-order valence-corrected chi connectivity index (χ3v) is 5.92. The zero-order valence-electron chi connectivity index (χ0n) is 15.8. The molecule has 0 spiro atoms. The SMILES string of the molecule is CNC(=O)N(C)C1=C(C(=O)OCc2ccc(OC)cc2)N2C(=O)C(N)[C@@H]2SC1. The first-order valence-electron chi connectivity index (χ1n) is 8.58. The van der Waals surface area contributed by atoms with Crippen LogP contribution in [0.2, 0.25) is 0 Å². The summed E-state index contributed by atoms with van der Waals surface area (Å²) in [4.78, 5) is 39.8. The topological polar surface area (TPSA) is 114 Å². The van der Waals surface area contributed by atoms with E-state index in [0.717, 1.165) is 5.56 Å². The predicted octanol–water partition coefficient (Wildman–Crippen LogP) is 0.464. The van der Waals surface area contributed by atoms with Crippen molar-refractivity contribution >= 4 is 29.7 Å². The molecule has 150 valence electrons. The lowest BCUT2D eigenvalue weighted by Crippen LogP contribution is -2.69. The molecule has 3 rings (SSSR count). The number of fused-ring (bicyclic) bond motifs is 1. The number of nitrogens with two attached hydrogens (primary N) is 1. The van der Waals surface area contributed by atoms with Crippen LogP contribution in [0, 0.1) is 0 Å². The third kappa shape index (κ3) is 3.52. The van der Waals surface area contributed by atoms with Crippen LogP contribution in [-0.2, 0) is 20.9 Å². The average molecular weight is 406 g/mol. The summed E-state index contributed by atoms with van der Waals surface area (Å²) in [6.45, 7) is 0.0230. The van der Waals surface area contributed by atoms with E-state index in [-0.39, 0.29) is 23.6 Å². The molecule has 2 aliphatic rings. The highest BCUT2D eigenvalue weighted by Crippen LogP contribution is 2.40. The zero-order chi connectivity index (χ0) is 20.4. The standard InChI is InChI=1S/C18H22N4O5S/c1-20-18(25)21(2)12-9-28-16-13(19)15(23)22(16)14(12)17(24)27-8-10-4-6-11(26-3)7-5-10/h4-7,13,16H,8-9,19H2,1-3H3,(H,20,25)/t13?,16-/m0/s1. The molecule has 9 nitrogen and oxygen atoms in total. The van der Waals surface area contributed by atoms with Gasteiger partial charge in [-0.15, -0.1) is 11.8 Å². The number of thioether (sulfide) groups is 1. The quantitative estimate of drug-likeness (QED) is 0.539. The fraction of sp³-hybridized carbons (Fsp3) is 0.389. The van der Waals surface area contributed by atoms with Crippen LogP contribution < -0.4 is 15.8 Å². The van der Waals surface area contributed by atoms with Crippen molar-refractivity contribution in [3.63, 3.8) is 0 Å². The largest absolute Gasteiger partial charge is 0.497 e. The number of esters is 1. The first kappa shape index (κ1) is 20.0. The Morgan fingerprint density at radius 2 is 2.04 bits per heavy atom. The summed E-state index contributed by atoms with van der Waals surface area (Å²) in [5, 5.41) is 2.17. The summed E-state index contributed by atoms with van der Waals surface area (Å²) >= 11 is 1.41. The molecule has 10 heteroatoms. The molecule has 0 bridgehead atoms. The van der Waals surface area contributed by atoms with Gasteiger partial charge in [-0.1, -0.05) is 12.1 Å². The van der Waals surface area contributed by atoms with E-state index < -0.39 is 18.0 Å². The molecule has 1 fully saturated rings. The first-order valence-corrected chi connectivity index (χ1v) is 9.62. The lowest BCUT2D eigenvalue weighted by Gasteiger charge is -2.48. The lowest BCUT2D eigenvalue weighted by atomic mass is 10.1. The molecule has 3 N–H and O–H groups in total. The monoisotopic (exact) mass is 406 g/mol. The fourth-order valence-electron chi connectivity index (χ4n) is 2.97. The van der Waals surface area contributed by atoms with Crippen molar-refractivity contribution in [2.45, 2.75) is 18.0 Å². The third-order valence-electron chi connectivity index (χ3n) is 4.64. The van der Waals surface area contributed by atoms with Crippen LogP contribution in [0.3, 0.4) is 0 Å². The van der Waals surface area contributed by atoms with Crippen LogP contribution in [0.4, 0.5) is 4.79 Å². The molecule has 1 aromatic rings. The molecule has 3 amide bonds. The number of amides is 3. The minimum Gasteiger partial charge on any atom is -0.497 e. The van der Waals surface area contributed by atoms with Gasteiger partial charge in [0.25, 0.3) is 0 Å². The number of nitrogens with one attached hydrogen (secondary N) is 1. The van der Waals surface area contributed by atoms with Gasteiger partial charge < -0.3 is 20.5 Å². The van der Waals surface area contributed by atoms with E-state index >= 15 is 0 Å². The molecule has 2 heterocycles. The van der Waals surface area contributed by atoms with Gasteiger partial charge in [0, 0.05) is 19.8 Å². The van der Waals surface area contributed by atoms with E-state index in [1.165, 1.54) is 35.7 Å². The van der Waals surface area contributed by atoms with E-state index in [4.69, 9.17) is 15.2 Å². The Balaban J connectivity index is 1.83. The summed E-state index contributed by atoms with van der Waals surface area (Å²) < 4.78 is 10.5. The molecule has 0 aromatic heterocycles. The molecule has 1 aromatic carbocycles. The van der Waals surface area contributed by atoms with E-state index in [9.17, 15) is 14.4 Å². The molecule has 2 atom stereocenters. The molecule has 28 heavy (non-hydrogen) atoms. The molecular formula is C18H22N4O5S. The molecule has 1 unspecified atom stereocenters. The van der Waals surface area contributed by atoms with E-state index in [2.05, 4.69) is 5.32 Å². The maximum atomic E-state index is 12.9. The minimum atomic E-state index is -0.674. The van der Waals surface area contributed by atoms with Crippen molar-refractivity contribution in [1.29, 1.82) is 0 Å². The van der Waals surface area contributed by atoms with Crippen molar-refractivity contribution in [3.05, 3.63) is 41.2 Å². The molecular weight excluding hydrogens is 384 g/mol. The van der Waals surface area contributed by atoms with Crippen LogP contribution >= 0.6 is 11.8 Å². The number of carbonyl (C=O) groups excluding carboxylic acids is 3. The van der Waals surface area contributed by atoms with Crippen molar-refractivity contribution in [3.8, 4) is 5.75 Å². The van der Waals surface area contributed by atoms with Crippen LogP contribution in [0.5, 0.6) is 5.75 Å². The number of rotatable bonds is 5. The summed E-state index contributed by atoms with van der Waals surface area (Å²) in [5.74, 6) is 0.0158. The number of hydrogen-bond donors (Lipinski definition) is 2. The van der Waals surface area contributed by atoms with E-state index in [0.29, 0.717) is 17.2 Å². The van der Waals surface area contributed by atoms with Gasteiger partial charge in [0.1, 0.15) is 23.8 Å². The van der Waals surface area contributed by atoms with Crippen molar-refractivity contribution < 1.29 is 23.9 Å². The highest BCUT2D eigenvalue weighted by atomic mass is 32.2. The van der Waals surface area contributed by atoms with Gasteiger partial charge in [-0.25, -0.2) is 9.59 Å². The molecule has 2 aliphatic heterocycles. The Bertz CT molecular complexity index is 826. The van der Waals surface area contributed by atoms with Gasteiger partial charge in [-0.3, -0.25) is 14.6 Å². The smallest absolute Gasteiger partial charge is 0.357 e. The second-order valence-corrected chi connectivity index (χ2v) is 7.37. The summed E-state index contributed by atoms with van der Waals surface area (Å²) in [6.07, 6.45) is 0. The van der Waals surface area contributed by atoms with Crippen LogP contribution in [0.1, 0.15) is 5.56 Å². The Morgan fingerprint density at radius 3 is 2.64 bits per heavy atom. The predicted molar refractivity (Wildman–Crippen MR) is 103 cm³/mol. The highest BCUT2D eigenvalue weighted by molar-refractivity contribution is 8.00. The Morgan fingerprint density at radius 1 is 1.36 bits per heavy atom. The van der Waals surface area contributed by atoms with Gasteiger partial charge in [0.05, 0.1) is 12.8 Å². The number of ether oxygens (including phenoxy) is 2. The normalized spacial score (nSPS) is 20.9. The first-order chi connectivity index (χ1) is 13.4. The highest BCUT2D eigenvalue weighted by Gasteiger charge is 2.52. The summed E-state index contributed by atoms with van der Waals surface area (Å²) in [5.41, 5.74) is 7.08. The Kier molecular flexibility index (Phi) is 5.80. The maximum absolute atomic E-state index is 12.9. The van der Waals surface area contributed by atoms with Crippen molar-refractivity contribution in [2.75, 3.05) is 27.0 Å². The zero-order valence-corrected chi connectivity index (χ0v) is 16.6. The summed E-state index contributed by atoms with van der Waals surface area (Å²) in [7, 11) is 4.60. The van der Waals surface area contributed by atoms with E-state index in [1.54, 1.807) is 31.4 Å². The number of nitrogens with zero attached hydrogens (tertiary/aromatic N) is 2. The summed E-state index contributed by atoms with van der Waals surface area (Å²) in [6, 6.07) is 6.02. The maximum Gasteiger partial charge on any atom is 0.357 e. The lowest BCUT2D eigenvalue weighted by molar-refractivity contribution is -0.151. The van der Waals surface area contributed by atoms with Gasteiger partial charge >= 0.3 is 12.0 Å². The van der Waals surface area contributed by atoms with E-state index in [1.807, 2.05) is 0 Å². The Hall–Kier alpha value is -2.72.